The van der Waals surface area contributed by atoms with Crippen molar-refractivity contribution in [2.24, 2.45) is 26.8 Å². The van der Waals surface area contributed by atoms with Gasteiger partial charge in [0, 0.05) is 30.1 Å². The number of nitrogens with one attached hydrogen (secondary N) is 1. The zero-order valence-corrected chi connectivity index (χ0v) is 35.3. The number of aliphatic hydroxyl groups is 6. The fourth-order valence-electron chi connectivity index (χ4n) is 10.1. The van der Waals surface area contributed by atoms with Crippen LogP contribution in [0.3, 0.4) is 0 Å². The lowest BCUT2D eigenvalue weighted by atomic mass is 9.61. The van der Waals surface area contributed by atoms with Gasteiger partial charge in [-0.25, -0.2) is 14.8 Å². The summed E-state index contributed by atoms with van der Waals surface area (Å²) in [6, 6.07) is 13.9. The van der Waals surface area contributed by atoms with Gasteiger partial charge in [-0.1, -0.05) is 42.2 Å². The minimum atomic E-state index is -2.76. The lowest BCUT2D eigenvalue weighted by Crippen LogP contribution is -2.79. The zero-order valence-electron chi connectivity index (χ0n) is 35.3. The second kappa shape index (κ2) is 16.4. The van der Waals surface area contributed by atoms with Gasteiger partial charge in [0.2, 0.25) is 12.0 Å². The monoisotopic (exact) mass is 916 g/mol. The SMILES string of the molecule is N=C1C=CC([C@@H](O)[C@H](CO)Oc2ccc(C3C=C(O)c4c(cc5c(c4O)O[C@@]4(c6cccc(O)c6)CCC[C@H]4CC#CC4=C[C@@H](C6=NC=NC6)[C@@]6(O)[C@@H](C(=O)O)O[C@@H](O5)[C@]4(O)[C@@H]6O)O3)cc2)=N1. The maximum atomic E-state index is 13.0. The first-order chi connectivity index (χ1) is 32.1. The quantitative estimate of drug-likeness (QED) is 0.138. The number of aliphatic carboxylic acids is 1. The first-order valence-electron chi connectivity index (χ1n) is 21.5. The fraction of sp³-hybridized carbons (Fsp3) is 0.354. The molecule has 1 saturated carbocycles. The van der Waals surface area contributed by atoms with Gasteiger partial charge in [0.05, 0.1) is 30.5 Å². The van der Waals surface area contributed by atoms with Crippen molar-refractivity contribution in [2.45, 2.75) is 79.3 Å². The number of fused-ring (bicyclic) bond motifs is 4. The highest BCUT2D eigenvalue weighted by Crippen LogP contribution is 2.58. The topological polar surface area (TPSA) is 306 Å². The molecule has 7 aliphatic rings. The van der Waals surface area contributed by atoms with Crippen molar-refractivity contribution in [3.8, 4) is 46.3 Å². The molecule has 0 amide bonds. The van der Waals surface area contributed by atoms with Crippen LogP contribution in [0.5, 0.6) is 34.5 Å². The second-order valence-electron chi connectivity index (χ2n) is 17.3. The number of carbonyl (C=O) groups is 1. The molecule has 10 rings (SSSR count). The Morgan fingerprint density at radius 2 is 1.84 bits per heavy atom. The Balaban J connectivity index is 1.07. The molecule has 2 aliphatic carbocycles. The third kappa shape index (κ3) is 7.03. The summed E-state index contributed by atoms with van der Waals surface area (Å²) in [5.74, 6) is 0.646. The summed E-state index contributed by atoms with van der Waals surface area (Å²) in [5.41, 5.74) is -5.83. The Labute approximate surface area is 381 Å². The molecule has 67 heavy (non-hydrogen) atoms. The van der Waals surface area contributed by atoms with Crippen LogP contribution in [0.2, 0.25) is 0 Å². The maximum absolute atomic E-state index is 13.0. The number of phenols is 2. The van der Waals surface area contributed by atoms with E-state index in [1.165, 1.54) is 61.0 Å². The van der Waals surface area contributed by atoms with Gasteiger partial charge in [-0.3, -0.25) is 10.4 Å². The minimum Gasteiger partial charge on any atom is -0.508 e. The Morgan fingerprint density at radius 1 is 1.03 bits per heavy atom. The number of carboxylic acids is 1. The van der Waals surface area contributed by atoms with E-state index in [0.29, 0.717) is 30.4 Å². The maximum Gasteiger partial charge on any atom is 0.336 e. The summed E-state index contributed by atoms with van der Waals surface area (Å²) in [5, 5.41) is 111. The molecule has 19 heteroatoms. The number of rotatable bonds is 9. The molecule has 0 spiro atoms. The van der Waals surface area contributed by atoms with Crippen molar-refractivity contribution in [3.63, 3.8) is 0 Å². The number of amidine groups is 1. The Bertz CT molecular complexity index is 2830. The number of ether oxygens (including phenoxy) is 5. The van der Waals surface area contributed by atoms with Crippen molar-refractivity contribution in [1.82, 2.24) is 0 Å². The third-order valence-electron chi connectivity index (χ3n) is 13.5. The highest BCUT2D eigenvalue weighted by atomic mass is 16.7. The van der Waals surface area contributed by atoms with Gasteiger partial charge < -0.3 is 69.6 Å². The van der Waals surface area contributed by atoms with Gasteiger partial charge in [-0.05, 0) is 66.8 Å². The summed E-state index contributed by atoms with van der Waals surface area (Å²) in [6.07, 6.45) is -1.83. The number of aliphatic hydroxyl groups excluding tert-OH is 4. The van der Waals surface area contributed by atoms with E-state index in [0.717, 1.165) is 0 Å². The van der Waals surface area contributed by atoms with Crippen LogP contribution in [-0.2, 0) is 15.1 Å². The number of aromatic hydroxyl groups is 2. The van der Waals surface area contributed by atoms with Gasteiger partial charge in [-0.2, -0.15) is 0 Å². The van der Waals surface area contributed by atoms with Crippen molar-refractivity contribution in [1.29, 1.82) is 5.41 Å². The molecular formula is C48H44N4O15. The minimum absolute atomic E-state index is 0.0399. The largest absolute Gasteiger partial charge is 0.508 e. The van der Waals surface area contributed by atoms with E-state index in [1.807, 2.05) is 0 Å². The standard InChI is InChI=1S/C48H44N4O15/c49-37-14-13-30(52-37)39(56)36(21-53)63-28-11-9-23(10-12-28)33-18-32(55)38-34(64-33)19-35-41(40(38)57)67-46(25-5-2-8-27(54)16-25)15-3-7-24(46)4-1-6-26-17-29(31-20-50-22-51-31)48(62)42(43(58)59)66-45(65-35)47(26,61)44(48)60/h2,5,8-14,16-19,22,24,29,33,36,39,42,44-45,49,53-57,60-62H,3-4,7,15,20-21H2,(H,58,59)/t24-,29+,33?,36+,39-,42-,44+,45-,46+,47-,48-/m1/s1. The molecule has 1 unspecified atom stereocenters. The molecule has 0 radical (unpaired) electrons. The second-order valence-corrected chi connectivity index (χ2v) is 17.3. The number of carboxylic acid groups (broad SMARTS) is 1. The molecule has 5 heterocycles. The molecule has 3 aromatic rings. The molecule has 10 N–H and O–H groups in total. The van der Waals surface area contributed by atoms with Crippen molar-refractivity contribution < 1.29 is 74.4 Å². The van der Waals surface area contributed by atoms with Crippen LogP contribution in [0.1, 0.15) is 48.5 Å². The smallest absolute Gasteiger partial charge is 0.336 e. The number of aliphatic imine (C=N–C) groups is 3. The molecule has 2 fully saturated rings. The van der Waals surface area contributed by atoms with Gasteiger partial charge in [0.1, 0.15) is 70.3 Å². The number of nitrogens with zero attached hydrogens (tertiary/aromatic N) is 3. The van der Waals surface area contributed by atoms with E-state index < -0.39 is 101 Å². The van der Waals surface area contributed by atoms with Crippen molar-refractivity contribution in [3.05, 3.63) is 101 Å². The predicted octanol–water partition coefficient (Wildman–Crippen LogP) is 2.75. The molecule has 19 nitrogen and oxygen atoms in total. The lowest BCUT2D eigenvalue weighted by Gasteiger charge is -2.57. The fourth-order valence-corrected chi connectivity index (χ4v) is 10.1. The molecule has 3 aromatic carbocycles. The number of hydrogen-bond acceptors (Lipinski definition) is 17. The Hall–Kier alpha value is -7.05. The average Bonchev–Trinajstić information content (AvgIpc) is 4.09. The van der Waals surface area contributed by atoms with Gasteiger partial charge in [0.15, 0.2) is 29.3 Å². The van der Waals surface area contributed by atoms with E-state index in [-0.39, 0.29) is 58.6 Å². The van der Waals surface area contributed by atoms with Crippen molar-refractivity contribution in [2.75, 3.05) is 13.2 Å². The summed E-state index contributed by atoms with van der Waals surface area (Å²) >= 11 is 0. The molecule has 1 saturated heterocycles. The van der Waals surface area contributed by atoms with E-state index in [4.69, 9.17) is 29.1 Å². The van der Waals surface area contributed by atoms with E-state index in [9.17, 15) is 50.8 Å². The zero-order chi connectivity index (χ0) is 47.0. The van der Waals surface area contributed by atoms with Gasteiger partial charge in [-0.15, -0.1) is 0 Å². The molecule has 11 atom stereocenters. The van der Waals surface area contributed by atoms with Crippen LogP contribution < -0.4 is 18.9 Å². The normalized spacial score (nSPS) is 32.0. The Kier molecular flexibility index (Phi) is 10.7. The predicted molar refractivity (Wildman–Crippen MR) is 236 cm³/mol. The van der Waals surface area contributed by atoms with Crippen LogP contribution in [-0.4, -0.2) is 131 Å². The molecule has 5 aliphatic heterocycles. The highest BCUT2D eigenvalue weighted by molar-refractivity contribution is 6.15. The van der Waals surface area contributed by atoms with Crippen LogP contribution in [0, 0.1) is 29.1 Å². The molecule has 346 valence electrons. The highest BCUT2D eigenvalue weighted by Gasteiger charge is 2.72. The summed E-state index contributed by atoms with van der Waals surface area (Å²) in [4.78, 5) is 25.2. The molecule has 2 bridgehead atoms. The van der Waals surface area contributed by atoms with Gasteiger partial charge in [0.25, 0.3) is 0 Å². The number of hydrogen-bond donors (Lipinski definition) is 10. The average molecular weight is 917 g/mol. The first-order valence-corrected chi connectivity index (χ1v) is 21.5. The van der Waals surface area contributed by atoms with E-state index >= 15 is 0 Å². The molecular weight excluding hydrogens is 873 g/mol. The third-order valence-corrected chi connectivity index (χ3v) is 13.5. The van der Waals surface area contributed by atoms with Gasteiger partial charge >= 0.3 is 5.97 Å². The lowest BCUT2D eigenvalue weighted by molar-refractivity contribution is -0.339. The van der Waals surface area contributed by atoms with Crippen LogP contribution in [0.25, 0.3) is 5.76 Å². The number of phenolic OH excluding ortho intramolecular Hbond substituents is 2. The van der Waals surface area contributed by atoms with E-state index in [2.05, 4.69) is 26.8 Å². The summed E-state index contributed by atoms with van der Waals surface area (Å²) in [7, 11) is 0. The molecule has 0 aromatic heterocycles. The first kappa shape index (κ1) is 43.8. The Morgan fingerprint density at radius 3 is 2.54 bits per heavy atom. The van der Waals surface area contributed by atoms with Crippen LogP contribution in [0.15, 0.2) is 99.5 Å². The van der Waals surface area contributed by atoms with E-state index in [1.54, 1.807) is 24.3 Å². The van der Waals surface area contributed by atoms with Crippen LogP contribution in [0.4, 0.5) is 0 Å². The summed E-state index contributed by atoms with van der Waals surface area (Å²) < 4.78 is 31.6. The summed E-state index contributed by atoms with van der Waals surface area (Å²) in [6.45, 7) is -0.615. The number of benzene rings is 3. The van der Waals surface area contributed by atoms with Crippen molar-refractivity contribution >= 4 is 35.3 Å². The van der Waals surface area contributed by atoms with Crippen LogP contribution >= 0.6 is 0 Å².